The number of halogens is 1. The Morgan fingerprint density at radius 2 is 2.31 bits per heavy atom. The molecule has 3 nitrogen and oxygen atoms in total. The van der Waals surface area contributed by atoms with Crippen LogP contribution in [-0.4, -0.2) is 18.1 Å². The van der Waals surface area contributed by atoms with Crippen LogP contribution in [0.5, 0.6) is 0 Å². The number of carbonyl (C=O) groups excluding carboxylic acids is 1. The van der Waals surface area contributed by atoms with Crippen molar-refractivity contribution in [2.45, 2.75) is 12.6 Å². The SMILES string of the molecule is COC(=O)[C@](C)(F)c1ccccn1. The Bertz CT molecular complexity index is 298. The van der Waals surface area contributed by atoms with Crippen LogP contribution in [0.1, 0.15) is 12.6 Å². The highest BCUT2D eigenvalue weighted by Gasteiger charge is 2.37. The summed E-state index contributed by atoms with van der Waals surface area (Å²) in [6.45, 7) is 1.13. The molecule has 0 aromatic carbocycles. The summed E-state index contributed by atoms with van der Waals surface area (Å²) in [5, 5.41) is 0. The number of carbonyl (C=O) groups is 1. The van der Waals surface area contributed by atoms with Crippen molar-refractivity contribution < 1.29 is 13.9 Å². The number of ether oxygens (including phenoxy) is 1. The third kappa shape index (κ3) is 1.83. The minimum atomic E-state index is -2.17. The third-order valence-electron chi connectivity index (χ3n) is 1.71. The summed E-state index contributed by atoms with van der Waals surface area (Å²) in [5.41, 5.74) is -2.11. The topological polar surface area (TPSA) is 39.2 Å². The Balaban J connectivity index is 3.00. The molecular formula is C9H10FNO2. The molecule has 0 spiro atoms. The molecule has 70 valence electrons. The van der Waals surface area contributed by atoms with Crippen molar-refractivity contribution in [3.8, 4) is 0 Å². The number of rotatable bonds is 2. The number of alkyl halides is 1. The maximum Gasteiger partial charge on any atom is 0.349 e. The minimum absolute atomic E-state index is 0.0573. The van der Waals surface area contributed by atoms with E-state index in [0.717, 1.165) is 14.0 Å². The lowest BCUT2D eigenvalue weighted by Crippen LogP contribution is -2.29. The molecule has 0 fully saturated rings. The van der Waals surface area contributed by atoms with Gasteiger partial charge in [-0.2, -0.15) is 0 Å². The Morgan fingerprint density at radius 1 is 1.62 bits per heavy atom. The van der Waals surface area contributed by atoms with Gasteiger partial charge in [-0.3, -0.25) is 4.98 Å². The molecule has 0 aliphatic carbocycles. The van der Waals surface area contributed by atoms with E-state index in [1.54, 1.807) is 12.1 Å². The largest absolute Gasteiger partial charge is 0.466 e. The standard InChI is InChI=1S/C9H10FNO2/c1-9(10,8(12)13-2)7-5-3-4-6-11-7/h3-6H,1-2H3/t9-/m1/s1. The van der Waals surface area contributed by atoms with Crippen LogP contribution in [0.2, 0.25) is 0 Å². The maximum absolute atomic E-state index is 13.7. The number of esters is 1. The number of hydrogen-bond acceptors (Lipinski definition) is 3. The lowest BCUT2D eigenvalue weighted by molar-refractivity contribution is -0.154. The molecule has 0 bridgehead atoms. The van der Waals surface area contributed by atoms with Gasteiger partial charge in [-0.25, -0.2) is 9.18 Å². The van der Waals surface area contributed by atoms with Crippen LogP contribution >= 0.6 is 0 Å². The minimum Gasteiger partial charge on any atom is -0.466 e. The van der Waals surface area contributed by atoms with Gasteiger partial charge >= 0.3 is 5.97 Å². The van der Waals surface area contributed by atoms with E-state index in [2.05, 4.69) is 9.72 Å². The highest BCUT2D eigenvalue weighted by molar-refractivity contribution is 5.79. The molecule has 0 aliphatic rings. The summed E-state index contributed by atoms with van der Waals surface area (Å²) < 4.78 is 18.0. The van der Waals surface area contributed by atoms with Crippen molar-refractivity contribution >= 4 is 5.97 Å². The monoisotopic (exact) mass is 183 g/mol. The van der Waals surface area contributed by atoms with E-state index >= 15 is 0 Å². The van der Waals surface area contributed by atoms with E-state index in [9.17, 15) is 9.18 Å². The smallest absolute Gasteiger partial charge is 0.349 e. The van der Waals surface area contributed by atoms with Gasteiger partial charge in [-0.05, 0) is 19.1 Å². The molecule has 0 unspecified atom stereocenters. The predicted octanol–water partition coefficient (Wildman–Crippen LogP) is 1.44. The van der Waals surface area contributed by atoms with Crippen LogP contribution in [0.4, 0.5) is 4.39 Å². The van der Waals surface area contributed by atoms with E-state index in [1.165, 1.54) is 12.3 Å². The molecular weight excluding hydrogens is 173 g/mol. The quantitative estimate of drug-likeness (QED) is 0.651. The molecule has 0 amide bonds. The number of nitrogens with zero attached hydrogens (tertiary/aromatic N) is 1. The molecule has 1 atom stereocenters. The van der Waals surface area contributed by atoms with E-state index in [0.29, 0.717) is 0 Å². The van der Waals surface area contributed by atoms with Gasteiger partial charge in [0.05, 0.1) is 12.8 Å². The van der Waals surface area contributed by atoms with Crippen LogP contribution in [0, 0.1) is 0 Å². The zero-order valence-corrected chi connectivity index (χ0v) is 7.45. The van der Waals surface area contributed by atoms with Crippen molar-refractivity contribution in [2.75, 3.05) is 7.11 Å². The number of pyridine rings is 1. The van der Waals surface area contributed by atoms with E-state index in [1.807, 2.05) is 0 Å². The summed E-state index contributed by atoms with van der Waals surface area (Å²) in [6, 6.07) is 4.71. The molecule has 1 aromatic heterocycles. The molecule has 0 N–H and O–H groups in total. The number of aromatic nitrogens is 1. The second-order valence-electron chi connectivity index (χ2n) is 2.71. The second-order valence-corrected chi connectivity index (χ2v) is 2.71. The summed E-state index contributed by atoms with van der Waals surface area (Å²) in [6.07, 6.45) is 1.43. The first-order chi connectivity index (χ1) is 6.09. The molecule has 1 aromatic rings. The van der Waals surface area contributed by atoms with Crippen LogP contribution < -0.4 is 0 Å². The van der Waals surface area contributed by atoms with Gasteiger partial charge in [-0.1, -0.05) is 6.07 Å². The Kier molecular flexibility index (Phi) is 2.60. The fraction of sp³-hybridized carbons (Fsp3) is 0.333. The van der Waals surface area contributed by atoms with Gasteiger partial charge in [0.25, 0.3) is 0 Å². The molecule has 0 aliphatic heterocycles. The molecule has 0 saturated heterocycles. The second kappa shape index (κ2) is 3.51. The van der Waals surface area contributed by atoms with Gasteiger partial charge in [0, 0.05) is 6.20 Å². The van der Waals surface area contributed by atoms with Crippen LogP contribution in [0.15, 0.2) is 24.4 Å². The van der Waals surface area contributed by atoms with Gasteiger partial charge in [-0.15, -0.1) is 0 Å². The highest BCUT2D eigenvalue weighted by atomic mass is 19.1. The summed E-state index contributed by atoms with van der Waals surface area (Å²) in [5.74, 6) is -0.939. The highest BCUT2D eigenvalue weighted by Crippen LogP contribution is 2.24. The van der Waals surface area contributed by atoms with Gasteiger partial charge in [0.1, 0.15) is 0 Å². The first kappa shape index (κ1) is 9.64. The van der Waals surface area contributed by atoms with E-state index < -0.39 is 11.6 Å². The zero-order chi connectivity index (χ0) is 9.90. The van der Waals surface area contributed by atoms with Crippen molar-refractivity contribution in [1.82, 2.24) is 4.98 Å². The van der Waals surface area contributed by atoms with Crippen molar-refractivity contribution in [3.63, 3.8) is 0 Å². The van der Waals surface area contributed by atoms with Crippen molar-refractivity contribution in [2.24, 2.45) is 0 Å². The third-order valence-corrected chi connectivity index (χ3v) is 1.71. The number of methoxy groups -OCH3 is 1. The summed E-state index contributed by atoms with van der Waals surface area (Å²) >= 11 is 0. The van der Waals surface area contributed by atoms with E-state index in [4.69, 9.17) is 0 Å². The first-order valence-corrected chi connectivity index (χ1v) is 3.78. The fourth-order valence-corrected chi connectivity index (χ4v) is 0.937. The average Bonchev–Trinajstić information content (AvgIpc) is 2.18. The molecule has 1 heterocycles. The van der Waals surface area contributed by atoms with Crippen molar-refractivity contribution in [1.29, 1.82) is 0 Å². The normalized spacial score (nSPS) is 14.7. The molecule has 13 heavy (non-hydrogen) atoms. The van der Waals surface area contributed by atoms with Gasteiger partial charge in [0.2, 0.25) is 5.67 Å². The van der Waals surface area contributed by atoms with Gasteiger partial charge < -0.3 is 4.74 Å². The average molecular weight is 183 g/mol. The lowest BCUT2D eigenvalue weighted by atomic mass is 10.0. The summed E-state index contributed by atoms with van der Waals surface area (Å²) in [4.78, 5) is 14.7. The Morgan fingerprint density at radius 3 is 2.77 bits per heavy atom. The zero-order valence-electron chi connectivity index (χ0n) is 7.45. The first-order valence-electron chi connectivity index (χ1n) is 3.78. The van der Waals surface area contributed by atoms with E-state index in [-0.39, 0.29) is 5.69 Å². The summed E-state index contributed by atoms with van der Waals surface area (Å²) in [7, 11) is 1.14. The van der Waals surface area contributed by atoms with Crippen molar-refractivity contribution in [3.05, 3.63) is 30.1 Å². The number of hydrogen-bond donors (Lipinski definition) is 0. The Labute approximate surface area is 75.6 Å². The molecule has 4 heteroatoms. The van der Waals surface area contributed by atoms with Crippen LogP contribution in [0.3, 0.4) is 0 Å². The molecule has 0 saturated carbocycles. The van der Waals surface area contributed by atoms with Crippen LogP contribution in [-0.2, 0) is 15.2 Å². The molecule has 0 radical (unpaired) electrons. The lowest BCUT2D eigenvalue weighted by Gasteiger charge is -2.15. The fourth-order valence-electron chi connectivity index (χ4n) is 0.937. The predicted molar refractivity (Wildman–Crippen MR) is 44.7 cm³/mol. The molecule has 1 rings (SSSR count). The Hall–Kier alpha value is -1.45. The maximum atomic E-state index is 13.7. The van der Waals surface area contributed by atoms with Gasteiger partial charge in [0.15, 0.2) is 0 Å². The van der Waals surface area contributed by atoms with Crippen LogP contribution in [0.25, 0.3) is 0 Å².